The number of thiophene rings is 1. The molecular formula is C8H11NS. The van der Waals surface area contributed by atoms with Gasteiger partial charge in [0, 0.05) is 4.88 Å². The maximum Gasteiger partial charge on any atom is 0.0533 e. The summed E-state index contributed by atoms with van der Waals surface area (Å²) < 4.78 is 0. The first-order chi connectivity index (χ1) is 4.73. The van der Waals surface area contributed by atoms with E-state index in [1.807, 2.05) is 0 Å². The Labute approximate surface area is 64.9 Å². The summed E-state index contributed by atoms with van der Waals surface area (Å²) in [6.07, 6.45) is 1.16. The van der Waals surface area contributed by atoms with Gasteiger partial charge in [0.1, 0.15) is 0 Å². The Morgan fingerprint density at radius 3 is 2.90 bits per heavy atom. The molecule has 1 fully saturated rings. The van der Waals surface area contributed by atoms with Crippen LogP contribution in [0.2, 0.25) is 0 Å². The summed E-state index contributed by atoms with van der Waals surface area (Å²) in [5.41, 5.74) is 6.12. The predicted molar refractivity (Wildman–Crippen MR) is 44.0 cm³/mol. The fourth-order valence-corrected chi connectivity index (χ4v) is 2.30. The highest BCUT2D eigenvalue weighted by Gasteiger charge is 2.49. The quantitative estimate of drug-likeness (QED) is 0.655. The van der Waals surface area contributed by atoms with E-state index in [2.05, 4.69) is 24.4 Å². The Hall–Kier alpha value is -0.340. The van der Waals surface area contributed by atoms with Crippen molar-refractivity contribution in [2.24, 2.45) is 11.7 Å². The van der Waals surface area contributed by atoms with Gasteiger partial charge >= 0.3 is 0 Å². The van der Waals surface area contributed by atoms with Gasteiger partial charge < -0.3 is 5.73 Å². The molecule has 0 amide bonds. The van der Waals surface area contributed by atoms with Gasteiger partial charge in [-0.25, -0.2) is 0 Å². The van der Waals surface area contributed by atoms with Gasteiger partial charge in [-0.15, -0.1) is 11.3 Å². The SMILES string of the molecule is CC1CC1(N)c1cccs1. The molecule has 2 unspecified atom stereocenters. The summed E-state index contributed by atoms with van der Waals surface area (Å²) in [7, 11) is 0. The third-order valence-electron chi connectivity index (χ3n) is 2.34. The molecule has 0 bridgehead atoms. The van der Waals surface area contributed by atoms with E-state index in [1.165, 1.54) is 4.88 Å². The third-order valence-corrected chi connectivity index (χ3v) is 3.41. The van der Waals surface area contributed by atoms with E-state index in [9.17, 15) is 0 Å². The van der Waals surface area contributed by atoms with Crippen molar-refractivity contribution in [1.29, 1.82) is 0 Å². The second kappa shape index (κ2) is 1.83. The monoisotopic (exact) mass is 153 g/mol. The molecule has 2 rings (SSSR count). The minimum Gasteiger partial charge on any atom is -0.321 e. The Morgan fingerprint density at radius 2 is 2.50 bits per heavy atom. The lowest BCUT2D eigenvalue weighted by Crippen LogP contribution is -2.19. The molecule has 2 atom stereocenters. The van der Waals surface area contributed by atoms with E-state index < -0.39 is 0 Å². The zero-order valence-electron chi connectivity index (χ0n) is 6.00. The van der Waals surface area contributed by atoms with Gasteiger partial charge in [0.25, 0.3) is 0 Å². The topological polar surface area (TPSA) is 26.0 Å². The highest BCUT2D eigenvalue weighted by Crippen LogP contribution is 2.50. The van der Waals surface area contributed by atoms with Crippen LogP contribution in [-0.4, -0.2) is 0 Å². The van der Waals surface area contributed by atoms with Crippen molar-refractivity contribution in [3.8, 4) is 0 Å². The summed E-state index contributed by atoms with van der Waals surface area (Å²) in [5, 5.41) is 2.09. The van der Waals surface area contributed by atoms with Crippen molar-refractivity contribution in [3.63, 3.8) is 0 Å². The number of hydrogen-bond donors (Lipinski definition) is 1. The van der Waals surface area contributed by atoms with Gasteiger partial charge in [0.2, 0.25) is 0 Å². The average molecular weight is 153 g/mol. The van der Waals surface area contributed by atoms with Gasteiger partial charge in [0.05, 0.1) is 5.54 Å². The third kappa shape index (κ3) is 0.724. The molecule has 0 aliphatic heterocycles. The molecule has 0 saturated heterocycles. The zero-order chi connectivity index (χ0) is 7.19. The molecule has 0 spiro atoms. The predicted octanol–water partition coefficient (Wildman–Crippen LogP) is 1.94. The first-order valence-electron chi connectivity index (χ1n) is 3.56. The van der Waals surface area contributed by atoms with Gasteiger partial charge in [0.15, 0.2) is 0 Å². The lowest BCUT2D eigenvalue weighted by molar-refractivity contribution is 0.679. The standard InChI is InChI=1S/C8H11NS/c1-6-5-8(6,9)7-3-2-4-10-7/h2-4,6H,5,9H2,1H3. The Balaban J connectivity index is 2.30. The molecular weight excluding hydrogens is 142 g/mol. The molecule has 1 saturated carbocycles. The van der Waals surface area contributed by atoms with Crippen LogP contribution >= 0.6 is 11.3 Å². The van der Waals surface area contributed by atoms with Crippen LogP contribution in [0.25, 0.3) is 0 Å². The van der Waals surface area contributed by atoms with Crippen LogP contribution in [0.5, 0.6) is 0 Å². The van der Waals surface area contributed by atoms with Crippen molar-refractivity contribution in [2.75, 3.05) is 0 Å². The minimum absolute atomic E-state index is 0.0498. The van der Waals surface area contributed by atoms with Crippen LogP contribution in [-0.2, 0) is 5.54 Å². The van der Waals surface area contributed by atoms with Gasteiger partial charge in [-0.05, 0) is 23.8 Å². The largest absolute Gasteiger partial charge is 0.321 e. The molecule has 10 heavy (non-hydrogen) atoms. The minimum atomic E-state index is 0.0498. The van der Waals surface area contributed by atoms with Crippen LogP contribution in [0.4, 0.5) is 0 Å². The maximum atomic E-state index is 6.07. The van der Waals surface area contributed by atoms with E-state index in [-0.39, 0.29) is 5.54 Å². The Bertz CT molecular complexity index is 229. The Kier molecular flexibility index (Phi) is 1.17. The number of rotatable bonds is 1. The molecule has 2 heteroatoms. The van der Waals surface area contributed by atoms with Crippen molar-refractivity contribution in [2.45, 2.75) is 18.9 Å². The highest BCUT2D eigenvalue weighted by molar-refractivity contribution is 7.10. The van der Waals surface area contributed by atoms with Crippen molar-refractivity contribution >= 4 is 11.3 Å². The van der Waals surface area contributed by atoms with E-state index in [1.54, 1.807) is 11.3 Å². The first kappa shape index (κ1) is 6.38. The molecule has 0 radical (unpaired) electrons. The van der Waals surface area contributed by atoms with E-state index in [0.29, 0.717) is 5.92 Å². The molecule has 1 aliphatic rings. The van der Waals surface area contributed by atoms with Crippen LogP contribution < -0.4 is 5.73 Å². The summed E-state index contributed by atoms with van der Waals surface area (Å²) >= 11 is 1.77. The molecule has 0 aromatic carbocycles. The van der Waals surface area contributed by atoms with E-state index >= 15 is 0 Å². The first-order valence-corrected chi connectivity index (χ1v) is 4.44. The normalized spacial score (nSPS) is 38.0. The summed E-state index contributed by atoms with van der Waals surface area (Å²) in [4.78, 5) is 1.35. The van der Waals surface area contributed by atoms with Crippen LogP contribution in [0.1, 0.15) is 18.2 Å². The molecule has 1 aromatic rings. The van der Waals surface area contributed by atoms with Crippen molar-refractivity contribution in [1.82, 2.24) is 0 Å². The number of hydrogen-bond acceptors (Lipinski definition) is 2. The van der Waals surface area contributed by atoms with Crippen molar-refractivity contribution in [3.05, 3.63) is 22.4 Å². The highest BCUT2D eigenvalue weighted by atomic mass is 32.1. The zero-order valence-corrected chi connectivity index (χ0v) is 6.82. The molecule has 1 aliphatic carbocycles. The smallest absolute Gasteiger partial charge is 0.0533 e. The lowest BCUT2D eigenvalue weighted by atomic mass is 10.2. The van der Waals surface area contributed by atoms with E-state index in [0.717, 1.165) is 6.42 Å². The second-order valence-electron chi connectivity index (χ2n) is 3.12. The Morgan fingerprint density at radius 1 is 1.80 bits per heavy atom. The van der Waals surface area contributed by atoms with Crippen LogP contribution in [0.3, 0.4) is 0 Å². The molecule has 1 aromatic heterocycles. The van der Waals surface area contributed by atoms with Crippen LogP contribution in [0.15, 0.2) is 17.5 Å². The van der Waals surface area contributed by atoms with Gasteiger partial charge in [-0.2, -0.15) is 0 Å². The van der Waals surface area contributed by atoms with Crippen LogP contribution in [0, 0.1) is 5.92 Å². The summed E-state index contributed by atoms with van der Waals surface area (Å²) in [6.45, 7) is 2.21. The maximum absolute atomic E-state index is 6.07. The fraction of sp³-hybridized carbons (Fsp3) is 0.500. The molecule has 54 valence electrons. The molecule has 2 N–H and O–H groups in total. The van der Waals surface area contributed by atoms with Gasteiger partial charge in [-0.1, -0.05) is 13.0 Å². The van der Waals surface area contributed by atoms with E-state index in [4.69, 9.17) is 5.73 Å². The fourth-order valence-electron chi connectivity index (χ4n) is 1.33. The average Bonchev–Trinajstić information content (AvgIpc) is 2.35. The molecule has 1 heterocycles. The summed E-state index contributed by atoms with van der Waals surface area (Å²) in [5.74, 6) is 0.686. The van der Waals surface area contributed by atoms with Crippen molar-refractivity contribution < 1.29 is 0 Å². The lowest BCUT2D eigenvalue weighted by Gasteiger charge is -2.04. The summed E-state index contributed by atoms with van der Waals surface area (Å²) in [6, 6.07) is 4.20. The molecule has 1 nitrogen and oxygen atoms in total. The second-order valence-corrected chi connectivity index (χ2v) is 4.07. The number of nitrogens with two attached hydrogens (primary N) is 1. The van der Waals surface area contributed by atoms with Gasteiger partial charge in [-0.3, -0.25) is 0 Å².